The maximum absolute atomic E-state index is 11.4. The zero-order valence-corrected chi connectivity index (χ0v) is 12.7. The van der Waals surface area contributed by atoms with Crippen molar-refractivity contribution in [1.82, 2.24) is 15.1 Å². The minimum Gasteiger partial charge on any atom is -0.317 e. The Labute approximate surface area is 126 Å². The Morgan fingerprint density at radius 3 is 2.90 bits per heavy atom. The van der Waals surface area contributed by atoms with Crippen molar-refractivity contribution in [3.05, 3.63) is 22.8 Å². The Balaban J connectivity index is 2.11. The van der Waals surface area contributed by atoms with Crippen LogP contribution in [0.4, 0.5) is 5.00 Å². The van der Waals surface area contributed by atoms with E-state index in [1.54, 1.807) is 23.7 Å². The first-order valence-corrected chi connectivity index (χ1v) is 7.56. The number of nitrogens with zero attached hydrogens (tertiary/aromatic N) is 2. The molecule has 0 bridgehead atoms. The molecule has 110 valence electrons. The number of aromatic nitrogens is 2. The normalized spacial score (nSPS) is 13.8. The lowest BCUT2D eigenvalue weighted by atomic mass is 10.00. The van der Waals surface area contributed by atoms with E-state index in [2.05, 4.69) is 15.7 Å². The minimum atomic E-state index is -0.131. The summed E-state index contributed by atoms with van der Waals surface area (Å²) in [5, 5.41) is 11.1. The Bertz CT molecular complexity index is 717. The fraction of sp³-hybridized carbons (Fsp3) is 0.357. The molecule has 21 heavy (non-hydrogen) atoms. The van der Waals surface area contributed by atoms with Gasteiger partial charge in [0.2, 0.25) is 11.8 Å². The van der Waals surface area contributed by atoms with Crippen molar-refractivity contribution in [2.75, 3.05) is 11.9 Å². The predicted molar refractivity (Wildman–Crippen MR) is 81.6 cm³/mol. The van der Waals surface area contributed by atoms with Gasteiger partial charge in [0.1, 0.15) is 5.00 Å². The maximum atomic E-state index is 11.4. The lowest BCUT2D eigenvalue weighted by Gasteiger charge is -2.13. The molecule has 1 aliphatic heterocycles. The number of rotatable bonds is 2. The van der Waals surface area contributed by atoms with Crippen LogP contribution in [0.15, 0.2) is 12.4 Å². The van der Waals surface area contributed by atoms with Gasteiger partial charge in [0.15, 0.2) is 0 Å². The largest absolute Gasteiger partial charge is 0.317 e. The average Bonchev–Trinajstić information content (AvgIpc) is 3.01. The molecule has 1 amide bonds. The quantitative estimate of drug-likeness (QED) is 0.888. The summed E-state index contributed by atoms with van der Waals surface area (Å²) in [7, 11) is 0. The van der Waals surface area contributed by atoms with Gasteiger partial charge >= 0.3 is 0 Å². The predicted octanol–water partition coefficient (Wildman–Crippen LogP) is 1.88. The lowest BCUT2D eigenvalue weighted by Crippen LogP contribution is -2.22. The monoisotopic (exact) mass is 304 g/mol. The second-order valence-electron chi connectivity index (χ2n) is 5.01. The number of fused-ring (bicyclic) bond motifs is 1. The van der Waals surface area contributed by atoms with Crippen molar-refractivity contribution >= 4 is 28.2 Å². The van der Waals surface area contributed by atoms with Crippen molar-refractivity contribution in [2.45, 2.75) is 26.8 Å². The van der Waals surface area contributed by atoms with Gasteiger partial charge in [0.25, 0.3) is 0 Å². The zero-order valence-electron chi connectivity index (χ0n) is 11.9. The second-order valence-corrected chi connectivity index (χ2v) is 6.11. The summed E-state index contributed by atoms with van der Waals surface area (Å²) in [5.74, 6) is -0.227. The molecule has 3 rings (SSSR count). The smallest absolute Gasteiger partial charge is 0.243 e. The number of amides is 1. The van der Waals surface area contributed by atoms with Crippen LogP contribution >= 0.6 is 11.3 Å². The van der Waals surface area contributed by atoms with E-state index in [0.717, 1.165) is 35.6 Å². The summed E-state index contributed by atoms with van der Waals surface area (Å²) < 4.78 is 1.32. The van der Waals surface area contributed by atoms with Crippen molar-refractivity contribution < 1.29 is 9.59 Å². The molecular weight excluding hydrogens is 288 g/mol. The van der Waals surface area contributed by atoms with Gasteiger partial charge in [-0.1, -0.05) is 0 Å². The third kappa shape index (κ3) is 2.62. The summed E-state index contributed by atoms with van der Waals surface area (Å²) in [6, 6.07) is 0. The number of anilines is 1. The average molecular weight is 304 g/mol. The van der Waals surface area contributed by atoms with Crippen LogP contribution in [0.5, 0.6) is 0 Å². The van der Waals surface area contributed by atoms with Crippen LogP contribution in [-0.2, 0) is 17.8 Å². The van der Waals surface area contributed by atoms with Crippen molar-refractivity contribution in [3.8, 4) is 11.1 Å². The number of hydrogen-bond acceptors (Lipinski definition) is 5. The molecule has 0 radical (unpaired) electrons. The molecule has 0 aliphatic carbocycles. The van der Waals surface area contributed by atoms with Gasteiger partial charge in [-0.25, -0.2) is 4.68 Å². The SMILES string of the molecule is CC(=O)Nc1sc2c(c1-c1cnn(C(C)=O)c1)CCNC2. The van der Waals surface area contributed by atoms with Crippen molar-refractivity contribution in [2.24, 2.45) is 0 Å². The highest BCUT2D eigenvalue weighted by atomic mass is 32.1. The third-order valence-corrected chi connectivity index (χ3v) is 4.56. The van der Waals surface area contributed by atoms with Crippen LogP contribution in [0.1, 0.15) is 29.1 Å². The minimum absolute atomic E-state index is 0.0956. The fourth-order valence-electron chi connectivity index (χ4n) is 2.51. The van der Waals surface area contributed by atoms with Gasteiger partial charge in [0.05, 0.1) is 6.20 Å². The number of thiophene rings is 1. The van der Waals surface area contributed by atoms with Crippen LogP contribution in [0.3, 0.4) is 0 Å². The molecule has 2 aromatic heterocycles. The van der Waals surface area contributed by atoms with Crippen LogP contribution in [0.2, 0.25) is 0 Å². The first kappa shape index (κ1) is 14.0. The second kappa shape index (κ2) is 5.42. The van der Waals surface area contributed by atoms with E-state index in [9.17, 15) is 9.59 Å². The van der Waals surface area contributed by atoms with E-state index in [-0.39, 0.29) is 11.8 Å². The molecule has 6 nitrogen and oxygen atoms in total. The standard InChI is InChI=1S/C14H16N4O2S/c1-8(19)17-14-13(10-5-16-18(7-10)9(2)20)11-3-4-15-6-12(11)21-14/h5,7,15H,3-4,6H2,1-2H3,(H,17,19). The highest BCUT2D eigenvalue weighted by molar-refractivity contribution is 7.17. The topological polar surface area (TPSA) is 76.0 Å². The van der Waals surface area contributed by atoms with Crippen LogP contribution < -0.4 is 10.6 Å². The van der Waals surface area contributed by atoms with Gasteiger partial charge in [-0.3, -0.25) is 9.59 Å². The van der Waals surface area contributed by atoms with E-state index in [1.165, 1.54) is 29.0 Å². The lowest BCUT2D eigenvalue weighted by molar-refractivity contribution is -0.114. The van der Waals surface area contributed by atoms with Crippen LogP contribution in [0.25, 0.3) is 11.1 Å². The molecule has 0 aromatic carbocycles. The Kier molecular flexibility index (Phi) is 3.60. The molecule has 3 heterocycles. The number of nitrogens with one attached hydrogen (secondary N) is 2. The van der Waals surface area contributed by atoms with E-state index in [1.807, 2.05) is 0 Å². The van der Waals surface area contributed by atoms with E-state index in [4.69, 9.17) is 0 Å². The molecular formula is C14H16N4O2S. The molecule has 7 heteroatoms. The highest BCUT2D eigenvalue weighted by Crippen LogP contribution is 2.42. The Morgan fingerprint density at radius 1 is 1.43 bits per heavy atom. The first-order valence-electron chi connectivity index (χ1n) is 6.75. The Morgan fingerprint density at radius 2 is 2.24 bits per heavy atom. The van der Waals surface area contributed by atoms with Crippen LogP contribution in [0, 0.1) is 0 Å². The summed E-state index contributed by atoms with van der Waals surface area (Å²) >= 11 is 1.59. The van der Waals surface area contributed by atoms with Gasteiger partial charge in [0, 0.05) is 42.6 Å². The summed E-state index contributed by atoms with van der Waals surface area (Å²) in [5.41, 5.74) is 3.11. The van der Waals surface area contributed by atoms with Crippen LogP contribution in [-0.4, -0.2) is 28.1 Å². The summed E-state index contributed by atoms with van der Waals surface area (Å²) in [6.07, 6.45) is 4.31. The van der Waals surface area contributed by atoms with Crippen molar-refractivity contribution in [3.63, 3.8) is 0 Å². The molecule has 0 fully saturated rings. The first-order chi connectivity index (χ1) is 10.1. The molecule has 0 unspecified atom stereocenters. The van der Waals surface area contributed by atoms with Gasteiger partial charge in [-0.15, -0.1) is 11.3 Å². The van der Waals surface area contributed by atoms with E-state index < -0.39 is 0 Å². The van der Waals surface area contributed by atoms with Gasteiger partial charge < -0.3 is 10.6 Å². The fourth-order valence-corrected chi connectivity index (χ4v) is 3.80. The molecule has 2 aromatic rings. The van der Waals surface area contributed by atoms with E-state index in [0.29, 0.717) is 0 Å². The number of hydrogen-bond donors (Lipinski definition) is 2. The third-order valence-electron chi connectivity index (χ3n) is 3.41. The highest BCUT2D eigenvalue weighted by Gasteiger charge is 2.23. The molecule has 2 N–H and O–H groups in total. The summed E-state index contributed by atoms with van der Waals surface area (Å²) in [4.78, 5) is 24.1. The molecule has 1 aliphatic rings. The van der Waals surface area contributed by atoms with E-state index >= 15 is 0 Å². The van der Waals surface area contributed by atoms with Gasteiger partial charge in [-0.05, 0) is 18.5 Å². The number of carbonyl (C=O) groups is 2. The molecule has 0 saturated carbocycles. The molecule has 0 atom stereocenters. The Hall–Kier alpha value is -1.99. The maximum Gasteiger partial charge on any atom is 0.243 e. The zero-order chi connectivity index (χ0) is 15.0. The summed E-state index contributed by atoms with van der Waals surface area (Å²) in [6.45, 7) is 4.70. The molecule has 0 saturated heterocycles. The van der Waals surface area contributed by atoms with Crippen molar-refractivity contribution in [1.29, 1.82) is 0 Å². The molecule has 0 spiro atoms. The number of carbonyl (C=O) groups excluding carboxylic acids is 2. The van der Waals surface area contributed by atoms with Gasteiger partial charge in [-0.2, -0.15) is 5.10 Å².